The van der Waals surface area contributed by atoms with Crippen LogP contribution in [0.25, 0.3) is 0 Å². The second-order valence-electron chi connectivity index (χ2n) is 6.48. The van der Waals surface area contributed by atoms with Crippen LogP contribution in [0.15, 0.2) is 12.2 Å². The Balaban J connectivity index is 2.62. The molecule has 5 nitrogen and oxygen atoms in total. The van der Waals surface area contributed by atoms with Crippen molar-refractivity contribution in [2.24, 2.45) is 17.3 Å². The third kappa shape index (κ3) is 4.68. The van der Waals surface area contributed by atoms with Gasteiger partial charge in [0.1, 0.15) is 0 Å². The molecule has 136 valence electrons. The van der Waals surface area contributed by atoms with Gasteiger partial charge in [-0.25, -0.2) is 0 Å². The maximum absolute atomic E-state index is 12.3. The van der Waals surface area contributed by atoms with Crippen molar-refractivity contribution in [3.8, 4) is 0 Å². The Labute approximate surface area is 144 Å². The summed E-state index contributed by atoms with van der Waals surface area (Å²) >= 11 is 0. The van der Waals surface area contributed by atoms with Crippen LogP contribution in [-0.4, -0.2) is 31.9 Å². The maximum atomic E-state index is 12.3. The molecule has 0 aromatic heterocycles. The Morgan fingerprint density at radius 3 is 2.21 bits per heavy atom. The fraction of sp³-hybridized carbons (Fsp3) is 0.737. The predicted molar refractivity (Wildman–Crippen MR) is 91.3 cm³/mol. The van der Waals surface area contributed by atoms with Crippen molar-refractivity contribution in [3.05, 3.63) is 12.2 Å². The monoisotopic (exact) mass is 338 g/mol. The molecule has 0 aromatic rings. The number of hydrogen-bond acceptors (Lipinski definition) is 5. The van der Waals surface area contributed by atoms with Crippen molar-refractivity contribution in [2.45, 2.75) is 58.8 Å². The average Bonchev–Trinajstić information content (AvgIpc) is 3.34. The van der Waals surface area contributed by atoms with Gasteiger partial charge in [-0.05, 0) is 25.3 Å². The van der Waals surface area contributed by atoms with Crippen molar-refractivity contribution in [1.29, 1.82) is 0 Å². The lowest BCUT2D eigenvalue weighted by molar-refractivity contribution is -0.161. The Morgan fingerprint density at radius 1 is 1.08 bits per heavy atom. The molecule has 0 saturated heterocycles. The van der Waals surface area contributed by atoms with E-state index in [1.807, 2.05) is 6.92 Å². The number of esters is 2. The van der Waals surface area contributed by atoms with Gasteiger partial charge in [0.05, 0.1) is 14.2 Å². The molecule has 0 N–H and O–H groups in total. The van der Waals surface area contributed by atoms with Crippen LogP contribution in [0.2, 0.25) is 0 Å². The molecule has 0 radical (unpaired) electrons. The predicted octanol–water partition coefficient (Wildman–Crippen LogP) is 3.46. The van der Waals surface area contributed by atoms with Gasteiger partial charge in [0, 0.05) is 11.8 Å². The summed E-state index contributed by atoms with van der Waals surface area (Å²) in [5.74, 6) is -1.42. The molecule has 1 aliphatic carbocycles. The Bertz CT molecular complexity index is 464. The van der Waals surface area contributed by atoms with Crippen LogP contribution in [0, 0.1) is 17.3 Å². The van der Waals surface area contributed by atoms with Crippen LogP contribution in [0.5, 0.6) is 0 Å². The maximum Gasteiger partial charge on any atom is 0.323 e. The molecule has 2 unspecified atom stereocenters. The summed E-state index contributed by atoms with van der Waals surface area (Å²) in [6.07, 6.45) is 9.83. The van der Waals surface area contributed by atoms with Gasteiger partial charge in [-0.2, -0.15) is 0 Å². The van der Waals surface area contributed by atoms with Crippen LogP contribution >= 0.6 is 0 Å². The normalized spacial score (nSPS) is 19.8. The highest BCUT2D eigenvalue weighted by Crippen LogP contribution is 2.55. The number of hydrogen-bond donors (Lipinski definition) is 0. The number of carbonyl (C=O) groups is 3. The van der Waals surface area contributed by atoms with Crippen LogP contribution in [0.4, 0.5) is 0 Å². The van der Waals surface area contributed by atoms with Crippen LogP contribution in [-0.2, 0) is 23.9 Å². The topological polar surface area (TPSA) is 69.7 Å². The van der Waals surface area contributed by atoms with Gasteiger partial charge < -0.3 is 9.47 Å². The minimum Gasteiger partial charge on any atom is -0.468 e. The first-order valence-electron chi connectivity index (χ1n) is 8.86. The molecule has 1 aliphatic rings. The summed E-state index contributed by atoms with van der Waals surface area (Å²) < 4.78 is 9.45. The molecule has 1 saturated carbocycles. The van der Waals surface area contributed by atoms with Crippen LogP contribution in [0.1, 0.15) is 58.8 Å². The zero-order valence-corrected chi connectivity index (χ0v) is 15.3. The second-order valence-corrected chi connectivity index (χ2v) is 6.48. The number of ether oxygens (including phenoxy) is 2. The van der Waals surface area contributed by atoms with Gasteiger partial charge in [-0.3, -0.25) is 14.4 Å². The van der Waals surface area contributed by atoms with Crippen molar-refractivity contribution in [1.82, 2.24) is 0 Å². The standard InChI is InChI=1S/C19H30O5/c1-5-7-8-9-10-14(6-2)16(20)12-11-15-13-19(15,17(21)23-3)18(22)24-4/h11-12,14-15H,5-10,13H2,1-4H3/b12-11+. The Kier molecular flexibility index (Phi) is 8.16. The summed E-state index contributed by atoms with van der Waals surface area (Å²) in [5, 5.41) is 0. The molecule has 0 aromatic carbocycles. The summed E-state index contributed by atoms with van der Waals surface area (Å²) in [5.41, 5.74) is -1.26. The van der Waals surface area contributed by atoms with E-state index in [1.54, 1.807) is 6.08 Å². The van der Waals surface area contributed by atoms with Crippen LogP contribution in [0.3, 0.4) is 0 Å². The minimum absolute atomic E-state index is 0.0162. The van der Waals surface area contributed by atoms with Crippen molar-refractivity contribution in [2.75, 3.05) is 14.2 Å². The summed E-state index contributed by atoms with van der Waals surface area (Å²) in [6.45, 7) is 4.18. The van der Waals surface area contributed by atoms with E-state index in [9.17, 15) is 14.4 Å². The average molecular weight is 338 g/mol. The minimum atomic E-state index is -1.26. The lowest BCUT2D eigenvalue weighted by Gasteiger charge is -2.12. The lowest BCUT2D eigenvalue weighted by atomic mass is 9.93. The number of ketones is 1. The highest BCUT2D eigenvalue weighted by Gasteiger charge is 2.66. The zero-order chi connectivity index (χ0) is 18.2. The summed E-state index contributed by atoms with van der Waals surface area (Å²) in [7, 11) is 2.50. The first kappa shape index (κ1) is 20.4. The largest absolute Gasteiger partial charge is 0.468 e. The number of carbonyl (C=O) groups excluding carboxylic acids is 3. The second kappa shape index (κ2) is 9.60. The van der Waals surface area contributed by atoms with E-state index < -0.39 is 17.4 Å². The van der Waals surface area contributed by atoms with E-state index in [-0.39, 0.29) is 17.6 Å². The number of methoxy groups -OCH3 is 2. The van der Waals surface area contributed by atoms with Gasteiger partial charge in [-0.15, -0.1) is 0 Å². The van der Waals surface area contributed by atoms with Gasteiger partial charge >= 0.3 is 11.9 Å². The Hall–Kier alpha value is -1.65. The van der Waals surface area contributed by atoms with E-state index in [2.05, 4.69) is 6.92 Å². The van der Waals surface area contributed by atoms with Gasteiger partial charge in [0.15, 0.2) is 11.2 Å². The highest BCUT2D eigenvalue weighted by molar-refractivity contribution is 6.04. The summed E-state index contributed by atoms with van der Waals surface area (Å²) in [4.78, 5) is 36.1. The molecule has 0 heterocycles. The molecule has 0 amide bonds. The Morgan fingerprint density at radius 2 is 1.71 bits per heavy atom. The quantitative estimate of drug-likeness (QED) is 0.250. The highest BCUT2D eigenvalue weighted by atomic mass is 16.5. The molecule has 0 aliphatic heterocycles. The lowest BCUT2D eigenvalue weighted by Crippen LogP contribution is -2.30. The van der Waals surface area contributed by atoms with Crippen LogP contribution < -0.4 is 0 Å². The van der Waals surface area contributed by atoms with Gasteiger partial charge in [0.25, 0.3) is 0 Å². The van der Waals surface area contributed by atoms with E-state index in [4.69, 9.17) is 9.47 Å². The van der Waals surface area contributed by atoms with Crippen molar-refractivity contribution < 1.29 is 23.9 Å². The molecule has 0 spiro atoms. The SMILES string of the molecule is CCCCCCC(CC)C(=O)/C=C/C1CC1(C(=O)OC)C(=O)OC. The first-order valence-corrected chi connectivity index (χ1v) is 8.86. The third-order valence-electron chi connectivity index (χ3n) is 4.91. The molecular weight excluding hydrogens is 308 g/mol. The van der Waals surface area contributed by atoms with E-state index in [0.717, 1.165) is 25.7 Å². The van der Waals surface area contributed by atoms with Crippen molar-refractivity contribution in [3.63, 3.8) is 0 Å². The third-order valence-corrected chi connectivity index (χ3v) is 4.91. The molecule has 0 bridgehead atoms. The first-order chi connectivity index (χ1) is 11.5. The number of unbranched alkanes of at least 4 members (excludes halogenated alkanes) is 3. The smallest absolute Gasteiger partial charge is 0.323 e. The molecule has 5 heteroatoms. The number of rotatable bonds is 11. The number of allylic oxidation sites excluding steroid dienone is 2. The molecular formula is C19H30O5. The molecule has 1 rings (SSSR count). The molecule has 24 heavy (non-hydrogen) atoms. The van der Waals surface area contributed by atoms with E-state index >= 15 is 0 Å². The zero-order valence-electron chi connectivity index (χ0n) is 15.3. The van der Waals surface area contributed by atoms with Gasteiger partial charge in [0.2, 0.25) is 0 Å². The summed E-state index contributed by atoms with van der Waals surface area (Å²) in [6, 6.07) is 0. The fourth-order valence-electron chi connectivity index (χ4n) is 3.15. The van der Waals surface area contributed by atoms with Gasteiger partial charge in [-0.1, -0.05) is 45.6 Å². The van der Waals surface area contributed by atoms with E-state index in [0.29, 0.717) is 6.42 Å². The molecule has 1 fully saturated rings. The van der Waals surface area contributed by atoms with Crippen molar-refractivity contribution >= 4 is 17.7 Å². The molecule has 2 atom stereocenters. The fourth-order valence-corrected chi connectivity index (χ4v) is 3.15. The van der Waals surface area contributed by atoms with E-state index in [1.165, 1.54) is 33.1 Å².